The number of rotatable bonds is 14. The zero-order valence-electron chi connectivity index (χ0n) is 29.1. The first-order valence-corrected chi connectivity index (χ1v) is 17.7. The molecule has 264 valence electrons. The van der Waals surface area contributed by atoms with E-state index in [9.17, 15) is 0 Å². The average Bonchev–Trinajstić information content (AvgIpc) is 3.62. The van der Waals surface area contributed by atoms with Gasteiger partial charge >= 0.3 is 0 Å². The predicted molar refractivity (Wildman–Crippen MR) is 208 cm³/mol. The molecule has 0 fully saturated rings. The fraction of sp³-hybridized carbons (Fsp3) is 0.234. The van der Waals surface area contributed by atoms with Crippen LogP contribution in [0.2, 0.25) is 0 Å². The third kappa shape index (κ3) is 6.14. The number of hydrogen-bond acceptors (Lipinski definition) is 5. The highest BCUT2D eigenvalue weighted by molar-refractivity contribution is 5.84. The standard InChI is InChI=1S/C46H42O5.CH4/c1-45(41-15-7-3-11-37(41)38-12-4-8-16-42(38)45)33-19-23-35(24-20-33)51-36-25-21-34(22-26-36)46(50-32-31-49-30-29-48-28-27-47-2)43-17-9-5-13-39(43)40-14-6-10-18-44(40)46;/h3-26H,27-32H2,1-2H3;1H4. The smallest absolute Gasteiger partial charge is 0.145 e. The maximum Gasteiger partial charge on any atom is 0.145 e. The Hall–Kier alpha value is -5.04. The van der Waals surface area contributed by atoms with Crippen LogP contribution in [-0.4, -0.2) is 46.8 Å². The van der Waals surface area contributed by atoms with Gasteiger partial charge < -0.3 is 23.7 Å². The number of benzene rings is 6. The molecule has 6 aromatic rings. The van der Waals surface area contributed by atoms with Crippen molar-refractivity contribution in [2.45, 2.75) is 25.4 Å². The summed E-state index contributed by atoms with van der Waals surface area (Å²) >= 11 is 0. The van der Waals surface area contributed by atoms with E-state index in [1.165, 1.54) is 38.9 Å². The zero-order valence-corrected chi connectivity index (χ0v) is 29.1. The maximum absolute atomic E-state index is 6.93. The van der Waals surface area contributed by atoms with Gasteiger partial charge in [0.15, 0.2) is 0 Å². The van der Waals surface area contributed by atoms with E-state index in [0.717, 1.165) is 28.2 Å². The van der Waals surface area contributed by atoms with Crippen LogP contribution < -0.4 is 4.74 Å². The summed E-state index contributed by atoms with van der Waals surface area (Å²) in [5.74, 6) is 1.56. The lowest BCUT2D eigenvalue weighted by atomic mass is 9.74. The quantitative estimate of drug-likeness (QED) is 0.107. The molecule has 6 aromatic carbocycles. The van der Waals surface area contributed by atoms with Gasteiger partial charge in [0, 0.05) is 23.7 Å². The van der Waals surface area contributed by atoms with E-state index in [1.807, 2.05) is 12.1 Å². The van der Waals surface area contributed by atoms with Gasteiger partial charge in [-0.3, -0.25) is 0 Å². The minimum Gasteiger partial charge on any atom is -0.457 e. The molecule has 0 saturated carbocycles. The molecule has 0 radical (unpaired) electrons. The van der Waals surface area contributed by atoms with Gasteiger partial charge in [-0.1, -0.05) is 129 Å². The van der Waals surface area contributed by atoms with Crippen LogP contribution in [0.1, 0.15) is 47.7 Å². The van der Waals surface area contributed by atoms with E-state index in [0.29, 0.717) is 39.6 Å². The first-order chi connectivity index (χ1) is 25.1. The fourth-order valence-corrected chi connectivity index (χ4v) is 7.98. The van der Waals surface area contributed by atoms with Crippen molar-refractivity contribution in [2.24, 2.45) is 0 Å². The van der Waals surface area contributed by atoms with Gasteiger partial charge in [0.2, 0.25) is 0 Å². The average molecular weight is 691 g/mol. The Balaban J connectivity index is 0.00000420. The van der Waals surface area contributed by atoms with E-state index in [1.54, 1.807) is 7.11 Å². The van der Waals surface area contributed by atoms with Gasteiger partial charge in [-0.2, -0.15) is 0 Å². The molecule has 5 heteroatoms. The molecule has 0 atom stereocenters. The summed E-state index contributed by atoms with van der Waals surface area (Å²) in [6.07, 6.45) is 0. The van der Waals surface area contributed by atoms with Gasteiger partial charge in [0.05, 0.1) is 39.6 Å². The van der Waals surface area contributed by atoms with Crippen molar-refractivity contribution in [2.75, 3.05) is 46.8 Å². The second-order valence-corrected chi connectivity index (χ2v) is 13.2. The molecule has 8 rings (SSSR count). The van der Waals surface area contributed by atoms with Crippen LogP contribution in [0.4, 0.5) is 0 Å². The fourth-order valence-electron chi connectivity index (χ4n) is 7.98. The SMILES string of the molecule is C.COCCOCCOCCOC1(c2ccc(Oc3ccc(C4(C)c5ccccc5-c5ccccc54)cc3)cc2)c2ccccc2-c2ccccc21. The summed E-state index contributed by atoms with van der Waals surface area (Å²) < 4.78 is 29.8. The highest BCUT2D eigenvalue weighted by Gasteiger charge is 2.46. The number of ether oxygens (including phenoxy) is 5. The number of methoxy groups -OCH3 is 1. The summed E-state index contributed by atoms with van der Waals surface area (Å²) in [5.41, 5.74) is 11.2. The number of hydrogen-bond donors (Lipinski definition) is 0. The molecular weight excluding hydrogens is 645 g/mol. The summed E-state index contributed by atoms with van der Waals surface area (Å²) in [5, 5.41) is 0. The van der Waals surface area contributed by atoms with Crippen LogP contribution in [0.15, 0.2) is 146 Å². The molecule has 0 heterocycles. The molecule has 2 aliphatic carbocycles. The van der Waals surface area contributed by atoms with Crippen molar-refractivity contribution < 1.29 is 23.7 Å². The maximum atomic E-state index is 6.93. The molecular formula is C47H46O5. The Labute approximate surface area is 307 Å². The Bertz CT molecular complexity index is 2030. The van der Waals surface area contributed by atoms with Crippen LogP contribution in [0.3, 0.4) is 0 Å². The minimum atomic E-state index is -0.783. The Morgan fingerprint density at radius 3 is 1.29 bits per heavy atom. The van der Waals surface area contributed by atoms with E-state index < -0.39 is 5.60 Å². The van der Waals surface area contributed by atoms with E-state index in [2.05, 4.69) is 140 Å². The predicted octanol–water partition coefficient (Wildman–Crippen LogP) is 10.4. The monoisotopic (exact) mass is 690 g/mol. The summed E-state index contributed by atoms with van der Waals surface area (Å²) in [6, 6.07) is 51.4. The molecule has 0 spiro atoms. The Morgan fingerprint density at radius 1 is 0.423 bits per heavy atom. The van der Waals surface area contributed by atoms with Gasteiger partial charge in [-0.15, -0.1) is 0 Å². The van der Waals surface area contributed by atoms with E-state index >= 15 is 0 Å². The third-order valence-electron chi connectivity index (χ3n) is 10.4. The van der Waals surface area contributed by atoms with Crippen molar-refractivity contribution in [1.82, 2.24) is 0 Å². The molecule has 52 heavy (non-hydrogen) atoms. The highest BCUT2D eigenvalue weighted by atomic mass is 16.6. The molecule has 0 aromatic heterocycles. The van der Waals surface area contributed by atoms with Crippen LogP contribution in [0, 0.1) is 0 Å². The molecule has 5 nitrogen and oxygen atoms in total. The van der Waals surface area contributed by atoms with Crippen molar-refractivity contribution in [3.63, 3.8) is 0 Å². The van der Waals surface area contributed by atoms with Crippen molar-refractivity contribution >= 4 is 0 Å². The molecule has 0 saturated heterocycles. The van der Waals surface area contributed by atoms with Crippen molar-refractivity contribution in [3.8, 4) is 33.8 Å². The van der Waals surface area contributed by atoms with E-state index in [4.69, 9.17) is 23.7 Å². The van der Waals surface area contributed by atoms with Crippen molar-refractivity contribution in [1.29, 1.82) is 0 Å². The lowest BCUT2D eigenvalue weighted by Gasteiger charge is -2.33. The highest BCUT2D eigenvalue weighted by Crippen LogP contribution is 2.54. The third-order valence-corrected chi connectivity index (χ3v) is 10.4. The molecule has 0 N–H and O–H groups in total. The number of fused-ring (bicyclic) bond motifs is 6. The molecule has 2 aliphatic rings. The first kappa shape index (κ1) is 35.4. The van der Waals surface area contributed by atoms with Gasteiger partial charge in [-0.25, -0.2) is 0 Å². The second kappa shape index (κ2) is 15.3. The Kier molecular flexibility index (Phi) is 10.4. The van der Waals surface area contributed by atoms with Gasteiger partial charge in [0.1, 0.15) is 17.1 Å². The van der Waals surface area contributed by atoms with Gasteiger partial charge in [-0.05, 0) is 75.7 Å². The van der Waals surface area contributed by atoms with E-state index in [-0.39, 0.29) is 12.8 Å². The Morgan fingerprint density at radius 2 is 0.808 bits per heavy atom. The molecule has 0 amide bonds. The summed E-state index contributed by atoms with van der Waals surface area (Å²) in [6.45, 7) is 5.35. The lowest BCUT2D eigenvalue weighted by Crippen LogP contribution is -2.32. The van der Waals surface area contributed by atoms with Crippen LogP contribution >= 0.6 is 0 Å². The lowest BCUT2D eigenvalue weighted by molar-refractivity contribution is -0.0340. The second-order valence-electron chi connectivity index (χ2n) is 13.2. The van der Waals surface area contributed by atoms with Crippen LogP contribution in [0.5, 0.6) is 11.5 Å². The summed E-state index contributed by atoms with van der Waals surface area (Å²) in [7, 11) is 1.67. The first-order valence-electron chi connectivity index (χ1n) is 17.7. The minimum absolute atomic E-state index is 0. The molecule has 0 bridgehead atoms. The topological polar surface area (TPSA) is 46.2 Å². The van der Waals surface area contributed by atoms with Gasteiger partial charge in [0.25, 0.3) is 0 Å². The molecule has 0 aliphatic heterocycles. The molecule has 0 unspecified atom stereocenters. The van der Waals surface area contributed by atoms with Crippen LogP contribution in [-0.2, 0) is 30.0 Å². The summed E-state index contributed by atoms with van der Waals surface area (Å²) in [4.78, 5) is 0. The van der Waals surface area contributed by atoms with Crippen molar-refractivity contribution in [3.05, 3.63) is 179 Å². The van der Waals surface area contributed by atoms with Crippen LogP contribution in [0.25, 0.3) is 22.3 Å². The normalized spacial score (nSPS) is 14.1. The largest absolute Gasteiger partial charge is 0.457 e. The zero-order chi connectivity index (χ0) is 34.7.